The van der Waals surface area contributed by atoms with Crippen molar-refractivity contribution in [3.8, 4) is 11.3 Å². The summed E-state index contributed by atoms with van der Waals surface area (Å²) >= 11 is 0. The predicted molar refractivity (Wildman–Crippen MR) is 93.7 cm³/mol. The third-order valence-electron chi connectivity index (χ3n) is 4.21. The van der Waals surface area contributed by atoms with Crippen LogP contribution in [0.3, 0.4) is 0 Å². The Morgan fingerprint density at radius 3 is 2.33 bits per heavy atom. The largest absolute Gasteiger partial charge is 0.478 e. The summed E-state index contributed by atoms with van der Waals surface area (Å²) in [6.45, 7) is 5.91. The number of hydrogen-bond acceptors (Lipinski definition) is 3. The first-order valence-corrected chi connectivity index (χ1v) is 7.80. The Balaban J connectivity index is 2.28. The second-order valence-electron chi connectivity index (χ2n) is 6.15. The van der Waals surface area contributed by atoms with Gasteiger partial charge in [-0.15, -0.1) is 0 Å². The normalized spacial score (nSPS) is 11.2. The SMILES string of the molecule is Cc1c(-c2ccc(C(C)C)cc2)oc2c(C(=O)O)cccc2c1=O. The van der Waals surface area contributed by atoms with Gasteiger partial charge >= 0.3 is 5.97 Å². The minimum Gasteiger partial charge on any atom is -0.478 e. The van der Waals surface area contributed by atoms with Crippen LogP contribution in [0.25, 0.3) is 22.3 Å². The van der Waals surface area contributed by atoms with Crippen LogP contribution in [0.2, 0.25) is 0 Å². The number of benzene rings is 2. The number of fused-ring (bicyclic) bond motifs is 1. The molecule has 1 heterocycles. The van der Waals surface area contributed by atoms with Crippen LogP contribution < -0.4 is 5.43 Å². The highest BCUT2D eigenvalue weighted by Crippen LogP contribution is 2.28. The maximum absolute atomic E-state index is 12.6. The summed E-state index contributed by atoms with van der Waals surface area (Å²) in [5.74, 6) is -0.299. The molecule has 3 rings (SSSR count). The Bertz CT molecular complexity index is 979. The van der Waals surface area contributed by atoms with Crippen molar-refractivity contribution in [2.45, 2.75) is 26.7 Å². The third-order valence-corrected chi connectivity index (χ3v) is 4.21. The van der Waals surface area contributed by atoms with Crippen LogP contribution in [0, 0.1) is 6.92 Å². The molecule has 3 aromatic rings. The fourth-order valence-electron chi connectivity index (χ4n) is 2.77. The molecule has 122 valence electrons. The summed E-state index contributed by atoms with van der Waals surface area (Å²) in [6, 6.07) is 12.4. The smallest absolute Gasteiger partial charge is 0.339 e. The van der Waals surface area contributed by atoms with Crippen LogP contribution in [-0.2, 0) is 0 Å². The summed E-state index contributed by atoms with van der Waals surface area (Å²) in [6.07, 6.45) is 0. The molecule has 0 spiro atoms. The number of carbonyl (C=O) groups is 1. The standard InChI is InChI=1S/C20H18O4/c1-11(2)13-7-9-14(10-8-13)18-12(3)17(21)15-5-4-6-16(20(22)23)19(15)24-18/h4-11H,1-3H3,(H,22,23). The molecular formula is C20H18O4. The third kappa shape index (κ3) is 2.60. The second kappa shape index (κ2) is 5.96. The molecule has 0 aliphatic rings. The second-order valence-corrected chi connectivity index (χ2v) is 6.15. The van der Waals surface area contributed by atoms with E-state index in [1.165, 1.54) is 11.6 Å². The first-order chi connectivity index (χ1) is 11.4. The van der Waals surface area contributed by atoms with Crippen LogP contribution in [0.5, 0.6) is 0 Å². The summed E-state index contributed by atoms with van der Waals surface area (Å²) in [7, 11) is 0. The van der Waals surface area contributed by atoms with E-state index in [-0.39, 0.29) is 22.0 Å². The Morgan fingerprint density at radius 1 is 1.08 bits per heavy atom. The van der Waals surface area contributed by atoms with Crippen molar-refractivity contribution in [3.05, 3.63) is 69.4 Å². The number of carboxylic acids is 1. The fraction of sp³-hybridized carbons (Fsp3) is 0.200. The Hall–Kier alpha value is -2.88. The van der Waals surface area contributed by atoms with Crippen molar-refractivity contribution in [3.63, 3.8) is 0 Å². The van der Waals surface area contributed by atoms with E-state index >= 15 is 0 Å². The fourth-order valence-corrected chi connectivity index (χ4v) is 2.77. The van der Waals surface area contributed by atoms with E-state index < -0.39 is 5.97 Å². The van der Waals surface area contributed by atoms with Crippen molar-refractivity contribution in [2.24, 2.45) is 0 Å². The maximum atomic E-state index is 12.6. The van der Waals surface area contributed by atoms with Crippen LogP contribution >= 0.6 is 0 Å². The van der Waals surface area contributed by atoms with Gasteiger partial charge in [0.25, 0.3) is 0 Å². The maximum Gasteiger partial charge on any atom is 0.339 e. The highest BCUT2D eigenvalue weighted by atomic mass is 16.4. The van der Waals surface area contributed by atoms with Gasteiger partial charge in [-0.25, -0.2) is 4.79 Å². The van der Waals surface area contributed by atoms with Crippen LogP contribution in [0.15, 0.2) is 51.7 Å². The average molecular weight is 322 g/mol. The lowest BCUT2D eigenvalue weighted by Gasteiger charge is -2.10. The van der Waals surface area contributed by atoms with Gasteiger partial charge in [0.05, 0.1) is 5.39 Å². The summed E-state index contributed by atoms with van der Waals surface area (Å²) in [5.41, 5.74) is 2.32. The lowest BCUT2D eigenvalue weighted by molar-refractivity contribution is 0.0698. The summed E-state index contributed by atoms with van der Waals surface area (Å²) < 4.78 is 5.87. The number of carboxylic acid groups (broad SMARTS) is 1. The van der Waals surface area contributed by atoms with E-state index in [9.17, 15) is 14.7 Å². The van der Waals surface area contributed by atoms with Crippen LogP contribution in [0.4, 0.5) is 0 Å². The molecule has 0 aliphatic carbocycles. The van der Waals surface area contributed by atoms with Gasteiger partial charge in [0.2, 0.25) is 0 Å². The van der Waals surface area contributed by atoms with Gasteiger partial charge in [0.1, 0.15) is 11.3 Å². The molecule has 24 heavy (non-hydrogen) atoms. The van der Waals surface area contributed by atoms with Crippen molar-refractivity contribution in [2.75, 3.05) is 0 Å². The van der Waals surface area contributed by atoms with E-state index in [0.29, 0.717) is 17.2 Å². The first kappa shape index (κ1) is 16.0. The van der Waals surface area contributed by atoms with Gasteiger partial charge < -0.3 is 9.52 Å². The number of hydrogen-bond donors (Lipinski definition) is 1. The zero-order chi connectivity index (χ0) is 17.4. The summed E-state index contributed by atoms with van der Waals surface area (Å²) in [5, 5.41) is 9.63. The molecule has 0 amide bonds. The lowest BCUT2D eigenvalue weighted by Crippen LogP contribution is -2.09. The molecule has 0 atom stereocenters. The minimum absolute atomic E-state index is 0.00958. The van der Waals surface area contributed by atoms with Gasteiger partial charge in [-0.2, -0.15) is 0 Å². The topological polar surface area (TPSA) is 67.5 Å². The molecule has 4 heteroatoms. The quantitative estimate of drug-likeness (QED) is 0.766. The lowest BCUT2D eigenvalue weighted by atomic mass is 9.99. The first-order valence-electron chi connectivity index (χ1n) is 7.80. The van der Waals surface area contributed by atoms with E-state index in [4.69, 9.17) is 4.42 Å². The molecule has 0 fully saturated rings. The van der Waals surface area contributed by atoms with E-state index in [0.717, 1.165) is 5.56 Å². The van der Waals surface area contributed by atoms with Crippen molar-refractivity contribution >= 4 is 16.9 Å². The van der Waals surface area contributed by atoms with Crippen LogP contribution in [0.1, 0.15) is 41.3 Å². The Kier molecular flexibility index (Phi) is 3.97. The average Bonchev–Trinajstić information content (AvgIpc) is 2.57. The highest BCUT2D eigenvalue weighted by Gasteiger charge is 2.17. The zero-order valence-corrected chi connectivity index (χ0v) is 13.8. The van der Waals surface area contributed by atoms with Gasteiger partial charge in [0.15, 0.2) is 11.0 Å². The van der Waals surface area contributed by atoms with Gasteiger partial charge in [-0.3, -0.25) is 4.79 Å². The molecule has 4 nitrogen and oxygen atoms in total. The monoisotopic (exact) mass is 322 g/mol. The summed E-state index contributed by atoms with van der Waals surface area (Å²) in [4.78, 5) is 24.0. The molecule has 0 unspecified atom stereocenters. The predicted octanol–water partition coefficient (Wildman–Crippen LogP) is 4.59. The van der Waals surface area contributed by atoms with Crippen molar-refractivity contribution in [1.29, 1.82) is 0 Å². The molecule has 0 aliphatic heterocycles. The minimum atomic E-state index is -1.12. The molecule has 0 radical (unpaired) electrons. The molecule has 1 aromatic heterocycles. The van der Waals surface area contributed by atoms with E-state index in [1.54, 1.807) is 19.1 Å². The van der Waals surface area contributed by atoms with E-state index in [1.807, 2.05) is 24.3 Å². The molecule has 0 saturated heterocycles. The van der Waals surface area contributed by atoms with E-state index in [2.05, 4.69) is 13.8 Å². The van der Waals surface area contributed by atoms with Crippen LogP contribution in [-0.4, -0.2) is 11.1 Å². The molecule has 1 N–H and O–H groups in total. The van der Waals surface area contributed by atoms with Crippen molar-refractivity contribution in [1.82, 2.24) is 0 Å². The molecule has 2 aromatic carbocycles. The number of para-hydroxylation sites is 1. The number of rotatable bonds is 3. The molecular weight excluding hydrogens is 304 g/mol. The van der Waals surface area contributed by atoms with Gasteiger partial charge in [-0.1, -0.05) is 44.2 Å². The number of aromatic carboxylic acids is 1. The highest BCUT2D eigenvalue weighted by molar-refractivity contribution is 6.01. The van der Waals surface area contributed by atoms with Crippen molar-refractivity contribution < 1.29 is 14.3 Å². The zero-order valence-electron chi connectivity index (χ0n) is 13.8. The molecule has 0 saturated carbocycles. The Morgan fingerprint density at radius 2 is 1.75 bits per heavy atom. The Labute approximate surface area is 139 Å². The van der Waals surface area contributed by atoms with Gasteiger partial charge in [-0.05, 0) is 30.5 Å². The van der Waals surface area contributed by atoms with Gasteiger partial charge in [0, 0.05) is 11.1 Å². The molecule has 0 bridgehead atoms.